The van der Waals surface area contributed by atoms with E-state index in [4.69, 9.17) is 15.2 Å². The van der Waals surface area contributed by atoms with Gasteiger partial charge in [-0.1, -0.05) is 0 Å². The predicted octanol–water partition coefficient (Wildman–Crippen LogP) is 1.24. The molecule has 6 nitrogen and oxygen atoms in total. The van der Waals surface area contributed by atoms with E-state index < -0.39 is 11.3 Å². The van der Waals surface area contributed by atoms with Gasteiger partial charge in [-0.05, 0) is 26.7 Å². The molecule has 0 aromatic heterocycles. The van der Waals surface area contributed by atoms with Gasteiger partial charge in [-0.3, -0.25) is 0 Å². The van der Waals surface area contributed by atoms with Crippen molar-refractivity contribution >= 4 is 11.9 Å². The Hall–Kier alpha value is -1.14. The zero-order valence-corrected chi connectivity index (χ0v) is 11.5. The fraction of sp³-hybridized carbons (Fsp3) is 0.846. The first-order valence-electron chi connectivity index (χ1n) is 6.95. The van der Waals surface area contributed by atoms with E-state index in [-0.39, 0.29) is 12.1 Å². The van der Waals surface area contributed by atoms with E-state index in [0.29, 0.717) is 19.0 Å². The van der Waals surface area contributed by atoms with Crippen LogP contribution in [-0.2, 0) is 9.47 Å². The van der Waals surface area contributed by atoms with Crippen LogP contribution in [0.15, 0.2) is 4.99 Å². The summed E-state index contributed by atoms with van der Waals surface area (Å²) in [5.74, 6) is 0.0128. The normalized spacial score (nSPS) is 28.7. The van der Waals surface area contributed by atoms with Crippen molar-refractivity contribution in [3.63, 3.8) is 0 Å². The lowest BCUT2D eigenvalue weighted by atomic mass is 9.76. The number of rotatable bonds is 1. The van der Waals surface area contributed by atoms with Crippen LogP contribution >= 0.6 is 0 Å². The van der Waals surface area contributed by atoms with Gasteiger partial charge in [-0.2, -0.15) is 4.99 Å². The highest BCUT2D eigenvalue weighted by atomic mass is 16.7. The van der Waals surface area contributed by atoms with Crippen LogP contribution in [0, 0.1) is 0 Å². The molecule has 2 aliphatic heterocycles. The highest BCUT2D eigenvalue weighted by Gasteiger charge is 2.55. The van der Waals surface area contributed by atoms with Crippen LogP contribution in [-0.4, -0.2) is 47.3 Å². The fourth-order valence-electron chi connectivity index (χ4n) is 3.61. The number of carbonyl (C=O) groups excluding carboxylic acids is 1. The number of urea groups is 1. The van der Waals surface area contributed by atoms with Gasteiger partial charge in [0.25, 0.3) is 0 Å². The highest BCUT2D eigenvalue weighted by Crippen LogP contribution is 2.45. The minimum Gasteiger partial charge on any atom is -0.385 e. The first-order valence-corrected chi connectivity index (χ1v) is 6.95. The molecule has 0 radical (unpaired) electrons. The maximum absolute atomic E-state index is 12.0. The van der Waals surface area contributed by atoms with Crippen LogP contribution in [0.5, 0.6) is 0 Å². The quantitative estimate of drug-likeness (QED) is 0.775. The average Bonchev–Trinajstić information content (AvgIpc) is 2.88. The number of carbonyl (C=O) groups is 1. The molecule has 0 aromatic carbocycles. The van der Waals surface area contributed by atoms with Gasteiger partial charge in [0.1, 0.15) is 11.4 Å². The summed E-state index contributed by atoms with van der Waals surface area (Å²) in [6.45, 7) is 5.31. The number of ether oxygens (including phenoxy) is 2. The van der Waals surface area contributed by atoms with Crippen LogP contribution in [0.2, 0.25) is 0 Å². The molecule has 0 bridgehead atoms. The number of hydrogen-bond donors (Lipinski definition) is 1. The topological polar surface area (TPSA) is 77.2 Å². The Morgan fingerprint density at radius 2 is 1.79 bits per heavy atom. The molecule has 1 aliphatic carbocycles. The van der Waals surface area contributed by atoms with Gasteiger partial charge in [-0.15, -0.1) is 0 Å². The third kappa shape index (κ3) is 1.77. The van der Waals surface area contributed by atoms with E-state index in [9.17, 15) is 4.79 Å². The van der Waals surface area contributed by atoms with Gasteiger partial charge >= 0.3 is 6.03 Å². The van der Waals surface area contributed by atoms with E-state index in [2.05, 4.69) is 4.99 Å². The van der Waals surface area contributed by atoms with Crippen LogP contribution in [0.4, 0.5) is 4.79 Å². The second-order valence-electron chi connectivity index (χ2n) is 5.88. The van der Waals surface area contributed by atoms with Crippen LogP contribution < -0.4 is 5.73 Å². The van der Waals surface area contributed by atoms with Crippen molar-refractivity contribution in [2.24, 2.45) is 10.7 Å². The van der Waals surface area contributed by atoms with E-state index in [1.165, 1.54) is 0 Å². The van der Waals surface area contributed by atoms with E-state index in [1.807, 2.05) is 18.7 Å². The summed E-state index contributed by atoms with van der Waals surface area (Å²) >= 11 is 0. The molecule has 106 valence electrons. The molecule has 2 N–H and O–H groups in total. The number of hydrogen-bond acceptors (Lipinski definition) is 4. The van der Waals surface area contributed by atoms with Crippen molar-refractivity contribution in [3.05, 3.63) is 0 Å². The average molecular weight is 267 g/mol. The lowest BCUT2D eigenvalue weighted by Gasteiger charge is -2.47. The molecule has 2 spiro atoms. The molecule has 3 rings (SSSR count). The zero-order chi connectivity index (χ0) is 13.7. The van der Waals surface area contributed by atoms with Gasteiger partial charge in [0.2, 0.25) is 0 Å². The number of nitrogens with zero attached hydrogens (tertiary/aromatic N) is 2. The maximum Gasteiger partial charge on any atom is 0.346 e. The first kappa shape index (κ1) is 12.9. The maximum atomic E-state index is 12.0. The Bertz CT molecular complexity index is 417. The van der Waals surface area contributed by atoms with Crippen molar-refractivity contribution in [3.8, 4) is 0 Å². The number of nitrogens with two attached hydrogens (primary N) is 1. The second-order valence-corrected chi connectivity index (χ2v) is 5.88. The van der Waals surface area contributed by atoms with Crippen LogP contribution in [0.1, 0.15) is 39.5 Å². The molecule has 2 fully saturated rings. The number of amides is 2. The highest BCUT2D eigenvalue weighted by molar-refractivity contribution is 6.06. The predicted molar refractivity (Wildman–Crippen MR) is 69.8 cm³/mol. The Labute approximate surface area is 112 Å². The molecular weight excluding hydrogens is 246 g/mol. The Kier molecular flexibility index (Phi) is 2.83. The molecule has 19 heavy (non-hydrogen) atoms. The second kappa shape index (κ2) is 4.18. The third-order valence-corrected chi connectivity index (χ3v) is 4.53. The van der Waals surface area contributed by atoms with Gasteiger partial charge in [0, 0.05) is 18.9 Å². The van der Waals surface area contributed by atoms with Crippen LogP contribution in [0.25, 0.3) is 0 Å². The SMILES string of the molecule is CC(C)N1C(=O)N=C(N)C12CCC1(CC2)OCCO1. The van der Waals surface area contributed by atoms with Crippen molar-refractivity contribution < 1.29 is 14.3 Å². The molecule has 1 saturated heterocycles. The van der Waals surface area contributed by atoms with E-state index in [1.54, 1.807) is 0 Å². The summed E-state index contributed by atoms with van der Waals surface area (Å²) in [7, 11) is 0. The van der Waals surface area contributed by atoms with E-state index in [0.717, 1.165) is 25.7 Å². The van der Waals surface area contributed by atoms with Gasteiger partial charge in [0.05, 0.1) is 13.2 Å². The first-order chi connectivity index (χ1) is 8.99. The van der Waals surface area contributed by atoms with Crippen LogP contribution in [0.3, 0.4) is 0 Å². The van der Waals surface area contributed by atoms with E-state index >= 15 is 0 Å². The Balaban J connectivity index is 1.84. The molecule has 0 unspecified atom stereocenters. The Morgan fingerprint density at radius 3 is 2.32 bits per heavy atom. The zero-order valence-electron chi connectivity index (χ0n) is 11.5. The molecule has 0 atom stereocenters. The summed E-state index contributed by atoms with van der Waals surface area (Å²) in [5, 5.41) is 0. The Morgan fingerprint density at radius 1 is 1.21 bits per heavy atom. The molecule has 2 heterocycles. The lowest BCUT2D eigenvalue weighted by Crippen LogP contribution is -2.60. The fourth-order valence-corrected chi connectivity index (χ4v) is 3.61. The number of aliphatic imine (C=N–C) groups is 1. The summed E-state index contributed by atoms with van der Waals surface area (Å²) in [5.41, 5.74) is 5.63. The third-order valence-electron chi connectivity index (χ3n) is 4.53. The summed E-state index contributed by atoms with van der Waals surface area (Å²) in [6, 6.07) is -0.117. The molecule has 1 saturated carbocycles. The molecule has 2 amide bonds. The standard InChI is InChI=1S/C13H21N3O3/c1-9(2)16-11(17)15-10(14)12(16)3-5-13(6-4-12)18-7-8-19-13/h9H,3-8H2,1-2H3,(H2,14,15,17). The van der Waals surface area contributed by atoms with Gasteiger partial charge < -0.3 is 20.1 Å². The molecular formula is C13H21N3O3. The van der Waals surface area contributed by atoms with Crippen molar-refractivity contribution in [2.45, 2.75) is 56.9 Å². The minimum atomic E-state index is -0.445. The van der Waals surface area contributed by atoms with Crippen molar-refractivity contribution in [2.75, 3.05) is 13.2 Å². The van der Waals surface area contributed by atoms with Gasteiger partial charge in [-0.25, -0.2) is 4.79 Å². The summed E-state index contributed by atoms with van der Waals surface area (Å²) < 4.78 is 11.5. The largest absolute Gasteiger partial charge is 0.385 e. The molecule has 6 heteroatoms. The monoisotopic (exact) mass is 267 g/mol. The molecule has 0 aromatic rings. The molecule has 3 aliphatic rings. The minimum absolute atomic E-state index is 0.0942. The summed E-state index contributed by atoms with van der Waals surface area (Å²) in [6.07, 6.45) is 3.04. The van der Waals surface area contributed by atoms with Gasteiger partial charge in [0.15, 0.2) is 5.79 Å². The summed E-state index contributed by atoms with van der Waals surface area (Å²) in [4.78, 5) is 17.8. The smallest absolute Gasteiger partial charge is 0.346 e. The lowest BCUT2D eigenvalue weighted by molar-refractivity contribution is -0.186. The van der Waals surface area contributed by atoms with Crippen molar-refractivity contribution in [1.29, 1.82) is 0 Å². The number of amidine groups is 1. The van der Waals surface area contributed by atoms with Crippen molar-refractivity contribution in [1.82, 2.24) is 4.90 Å².